The molecule has 4 nitrogen and oxygen atoms in total. The van der Waals surface area contributed by atoms with E-state index in [0.717, 1.165) is 0 Å². The number of nitrogens with two attached hydrogens (primary N) is 1. The smallest absolute Gasteiger partial charge is 0.222 e. The molecule has 0 radical (unpaired) electrons. The molecule has 0 spiro atoms. The number of hydrogen-bond donors (Lipinski definition) is 1. The lowest BCUT2D eigenvalue weighted by atomic mass is 10.3. The van der Waals surface area contributed by atoms with Crippen LogP contribution >= 0.6 is 0 Å². The monoisotopic (exact) mass is 220 g/mol. The van der Waals surface area contributed by atoms with E-state index < -0.39 is 10.8 Å². The minimum absolute atomic E-state index is 0.0319. The molecule has 5 heteroatoms. The van der Waals surface area contributed by atoms with E-state index in [4.69, 9.17) is 5.73 Å². The zero-order valence-corrected chi connectivity index (χ0v) is 9.97. The van der Waals surface area contributed by atoms with Gasteiger partial charge in [0.1, 0.15) is 0 Å². The van der Waals surface area contributed by atoms with Crippen molar-refractivity contribution in [2.75, 3.05) is 26.4 Å². The molecular formula is C9H20N2O2S. The molecule has 0 aliphatic heterocycles. The molecular weight excluding hydrogens is 200 g/mol. The molecule has 0 saturated carbocycles. The van der Waals surface area contributed by atoms with E-state index in [1.54, 1.807) is 19.0 Å². The van der Waals surface area contributed by atoms with E-state index in [2.05, 4.69) is 0 Å². The average molecular weight is 220 g/mol. The highest BCUT2D eigenvalue weighted by Crippen LogP contribution is 2.00. The maximum absolute atomic E-state index is 11.4. The van der Waals surface area contributed by atoms with Crippen LogP contribution in [0.5, 0.6) is 0 Å². The second kappa shape index (κ2) is 6.95. The Morgan fingerprint density at radius 1 is 1.50 bits per heavy atom. The van der Waals surface area contributed by atoms with Crippen LogP contribution in [-0.4, -0.2) is 46.7 Å². The fraction of sp³-hybridized carbons (Fsp3) is 0.889. The zero-order chi connectivity index (χ0) is 11.1. The first kappa shape index (κ1) is 13.6. The third-order valence-electron chi connectivity index (χ3n) is 2.02. The van der Waals surface area contributed by atoms with Crippen LogP contribution in [0.2, 0.25) is 0 Å². The molecule has 0 heterocycles. The van der Waals surface area contributed by atoms with Gasteiger partial charge in [-0.2, -0.15) is 0 Å². The van der Waals surface area contributed by atoms with Gasteiger partial charge in [-0.3, -0.25) is 9.00 Å². The summed E-state index contributed by atoms with van der Waals surface area (Å²) in [5.74, 6) is 0.653. The summed E-state index contributed by atoms with van der Waals surface area (Å²) in [6.07, 6.45) is 1.14. The van der Waals surface area contributed by atoms with Gasteiger partial charge in [-0.15, -0.1) is 0 Å². The van der Waals surface area contributed by atoms with Gasteiger partial charge in [0, 0.05) is 48.9 Å². The largest absolute Gasteiger partial charge is 0.349 e. The average Bonchev–Trinajstić information content (AvgIpc) is 2.15. The number of rotatable bonds is 6. The van der Waals surface area contributed by atoms with Gasteiger partial charge in [-0.05, 0) is 13.3 Å². The fourth-order valence-electron chi connectivity index (χ4n) is 0.898. The SMILES string of the molecule is CC(CN)S(=O)CCCC(=O)N(C)C. The van der Waals surface area contributed by atoms with Crippen LogP contribution in [0, 0.1) is 0 Å². The van der Waals surface area contributed by atoms with Crippen LogP contribution in [0.4, 0.5) is 0 Å². The van der Waals surface area contributed by atoms with E-state index in [9.17, 15) is 9.00 Å². The van der Waals surface area contributed by atoms with Gasteiger partial charge >= 0.3 is 0 Å². The molecule has 14 heavy (non-hydrogen) atoms. The van der Waals surface area contributed by atoms with Crippen molar-refractivity contribution in [3.05, 3.63) is 0 Å². The van der Waals surface area contributed by atoms with Crippen LogP contribution in [0.1, 0.15) is 19.8 Å². The van der Waals surface area contributed by atoms with Crippen molar-refractivity contribution in [1.82, 2.24) is 4.90 Å². The quantitative estimate of drug-likeness (QED) is 0.682. The lowest BCUT2D eigenvalue weighted by Crippen LogP contribution is -2.25. The summed E-state index contributed by atoms with van der Waals surface area (Å²) in [5.41, 5.74) is 5.38. The minimum Gasteiger partial charge on any atom is -0.349 e. The van der Waals surface area contributed by atoms with Crippen molar-refractivity contribution in [2.24, 2.45) is 5.73 Å². The van der Waals surface area contributed by atoms with Gasteiger partial charge in [-0.1, -0.05) is 0 Å². The van der Waals surface area contributed by atoms with Crippen molar-refractivity contribution in [3.8, 4) is 0 Å². The molecule has 0 fully saturated rings. The third kappa shape index (κ3) is 5.34. The molecule has 2 atom stereocenters. The fourth-order valence-corrected chi connectivity index (χ4v) is 1.94. The first-order valence-corrected chi connectivity index (χ1v) is 6.14. The van der Waals surface area contributed by atoms with E-state index in [-0.39, 0.29) is 11.2 Å². The van der Waals surface area contributed by atoms with Crippen molar-refractivity contribution in [3.63, 3.8) is 0 Å². The predicted octanol–water partition coefficient (Wildman–Crippen LogP) is -0.0493. The molecule has 2 unspecified atom stereocenters. The van der Waals surface area contributed by atoms with Gasteiger partial charge in [0.25, 0.3) is 0 Å². The Hall–Kier alpha value is -0.420. The Labute approximate surface area is 88.3 Å². The topological polar surface area (TPSA) is 63.4 Å². The van der Waals surface area contributed by atoms with E-state index in [1.807, 2.05) is 6.92 Å². The highest BCUT2D eigenvalue weighted by molar-refractivity contribution is 7.85. The molecule has 0 aromatic heterocycles. The number of nitrogens with zero attached hydrogens (tertiary/aromatic N) is 1. The van der Waals surface area contributed by atoms with Gasteiger partial charge in [0.15, 0.2) is 0 Å². The highest BCUT2D eigenvalue weighted by atomic mass is 32.2. The van der Waals surface area contributed by atoms with E-state index in [0.29, 0.717) is 25.1 Å². The second-order valence-corrected chi connectivity index (χ2v) is 5.50. The van der Waals surface area contributed by atoms with Crippen LogP contribution in [-0.2, 0) is 15.6 Å². The molecule has 0 rings (SSSR count). The lowest BCUT2D eigenvalue weighted by molar-refractivity contribution is -0.128. The highest BCUT2D eigenvalue weighted by Gasteiger charge is 2.10. The van der Waals surface area contributed by atoms with Crippen molar-refractivity contribution in [1.29, 1.82) is 0 Å². The number of amides is 1. The summed E-state index contributed by atoms with van der Waals surface area (Å²) in [6.45, 7) is 2.30. The number of carbonyl (C=O) groups excluding carboxylic acids is 1. The Morgan fingerprint density at radius 2 is 2.07 bits per heavy atom. The lowest BCUT2D eigenvalue weighted by Gasteiger charge is -2.11. The molecule has 0 aromatic carbocycles. The first-order valence-electron chi connectivity index (χ1n) is 4.76. The van der Waals surface area contributed by atoms with E-state index in [1.165, 1.54) is 0 Å². The summed E-state index contributed by atoms with van der Waals surface area (Å²) >= 11 is 0. The van der Waals surface area contributed by atoms with Crippen LogP contribution in [0.25, 0.3) is 0 Å². The molecule has 2 N–H and O–H groups in total. The number of carbonyl (C=O) groups is 1. The Balaban J connectivity index is 3.64. The second-order valence-electron chi connectivity index (χ2n) is 3.52. The van der Waals surface area contributed by atoms with Crippen LogP contribution < -0.4 is 5.73 Å². The van der Waals surface area contributed by atoms with Gasteiger partial charge < -0.3 is 10.6 Å². The summed E-state index contributed by atoms with van der Waals surface area (Å²) in [7, 11) is 2.56. The van der Waals surface area contributed by atoms with Crippen LogP contribution in [0.3, 0.4) is 0 Å². The third-order valence-corrected chi connectivity index (χ3v) is 3.80. The normalized spacial score (nSPS) is 14.9. The summed E-state index contributed by atoms with van der Waals surface area (Å²) in [6, 6.07) is 0. The van der Waals surface area contributed by atoms with Gasteiger partial charge in [-0.25, -0.2) is 0 Å². The van der Waals surface area contributed by atoms with E-state index >= 15 is 0 Å². The molecule has 0 aromatic rings. The maximum Gasteiger partial charge on any atom is 0.222 e. The minimum atomic E-state index is -0.890. The first-order chi connectivity index (χ1) is 6.49. The van der Waals surface area contributed by atoms with Crippen molar-refractivity contribution >= 4 is 16.7 Å². The Kier molecular flexibility index (Phi) is 6.74. The Morgan fingerprint density at radius 3 is 2.50 bits per heavy atom. The Bertz CT molecular complexity index is 207. The number of hydrogen-bond acceptors (Lipinski definition) is 3. The summed E-state index contributed by atoms with van der Waals surface area (Å²) < 4.78 is 11.4. The molecule has 0 bridgehead atoms. The maximum atomic E-state index is 11.4. The predicted molar refractivity (Wildman–Crippen MR) is 59.5 cm³/mol. The van der Waals surface area contributed by atoms with Gasteiger partial charge in [0.05, 0.1) is 0 Å². The summed E-state index contributed by atoms with van der Waals surface area (Å²) in [5, 5.41) is 0.0319. The van der Waals surface area contributed by atoms with Crippen molar-refractivity contribution < 1.29 is 9.00 Å². The standard InChI is InChI=1S/C9H20N2O2S/c1-8(7-10)14(13)6-4-5-9(12)11(2)3/h8H,4-7,10H2,1-3H3. The summed E-state index contributed by atoms with van der Waals surface area (Å²) in [4.78, 5) is 12.7. The van der Waals surface area contributed by atoms with Crippen LogP contribution in [0.15, 0.2) is 0 Å². The molecule has 84 valence electrons. The van der Waals surface area contributed by atoms with Gasteiger partial charge in [0.2, 0.25) is 5.91 Å². The van der Waals surface area contributed by atoms with Crippen molar-refractivity contribution in [2.45, 2.75) is 25.0 Å². The zero-order valence-electron chi connectivity index (χ0n) is 9.16. The molecule has 0 saturated heterocycles. The molecule has 0 aliphatic carbocycles. The molecule has 0 aliphatic rings. The molecule has 1 amide bonds.